The molecule has 2 N–H and O–H groups in total. The fourth-order valence-electron chi connectivity index (χ4n) is 2.91. The Balaban J connectivity index is 0.00000162. The highest BCUT2D eigenvalue weighted by Gasteiger charge is 2.22. The third-order valence-electron chi connectivity index (χ3n) is 3.92. The second-order valence-corrected chi connectivity index (χ2v) is 5.59. The van der Waals surface area contributed by atoms with Crippen LogP contribution in [-0.2, 0) is 6.54 Å². The fraction of sp³-hybridized carbons (Fsp3) is 0.600. The molecule has 1 fully saturated rings. The molecular formula is C15H25ClN2. The van der Waals surface area contributed by atoms with Gasteiger partial charge in [-0.2, -0.15) is 0 Å². The van der Waals surface area contributed by atoms with Gasteiger partial charge in [-0.1, -0.05) is 31.9 Å². The van der Waals surface area contributed by atoms with Crippen molar-refractivity contribution in [1.29, 1.82) is 0 Å². The van der Waals surface area contributed by atoms with E-state index in [0.717, 1.165) is 24.2 Å². The maximum atomic E-state index is 5.82. The lowest BCUT2D eigenvalue weighted by Crippen LogP contribution is -2.35. The van der Waals surface area contributed by atoms with Gasteiger partial charge in [-0.05, 0) is 43.5 Å². The number of hydrogen-bond donors (Lipinski definition) is 1. The number of anilines is 1. The van der Waals surface area contributed by atoms with Gasteiger partial charge in [-0.15, -0.1) is 12.4 Å². The summed E-state index contributed by atoms with van der Waals surface area (Å²) in [6.07, 6.45) is 5.48. The molecule has 0 radical (unpaired) electrons. The van der Waals surface area contributed by atoms with Crippen LogP contribution in [-0.4, -0.2) is 18.0 Å². The highest BCUT2D eigenvalue weighted by atomic mass is 35.5. The van der Waals surface area contributed by atoms with Crippen molar-refractivity contribution < 1.29 is 0 Å². The van der Waals surface area contributed by atoms with Gasteiger partial charge in [0.1, 0.15) is 0 Å². The molecule has 0 heterocycles. The molecule has 1 aliphatic rings. The van der Waals surface area contributed by atoms with Crippen LogP contribution in [0, 0.1) is 5.92 Å². The van der Waals surface area contributed by atoms with E-state index in [2.05, 4.69) is 31.0 Å². The summed E-state index contributed by atoms with van der Waals surface area (Å²) in [5.74, 6) is 0.886. The van der Waals surface area contributed by atoms with Gasteiger partial charge in [0.2, 0.25) is 0 Å². The second kappa shape index (κ2) is 7.01. The predicted octanol–water partition coefficient (Wildman–Crippen LogP) is 3.70. The number of nitrogens with zero attached hydrogens (tertiary/aromatic N) is 1. The largest absolute Gasteiger partial charge is 0.399 e. The summed E-state index contributed by atoms with van der Waals surface area (Å²) >= 11 is 0. The van der Waals surface area contributed by atoms with E-state index in [9.17, 15) is 0 Å². The van der Waals surface area contributed by atoms with E-state index in [4.69, 9.17) is 5.73 Å². The summed E-state index contributed by atoms with van der Waals surface area (Å²) in [6, 6.07) is 9.00. The molecule has 18 heavy (non-hydrogen) atoms. The SMILES string of the molecule is CC1CCCC(N(C)Cc2cccc(N)c2)C1.Cl. The van der Waals surface area contributed by atoms with Crippen LogP contribution in [0.1, 0.15) is 38.2 Å². The average molecular weight is 269 g/mol. The minimum atomic E-state index is 0. The molecule has 1 saturated carbocycles. The highest BCUT2D eigenvalue weighted by molar-refractivity contribution is 5.85. The molecule has 0 aliphatic heterocycles. The van der Waals surface area contributed by atoms with Crippen molar-refractivity contribution >= 4 is 18.1 Å². The summed E-state index contributed by atoms with van der Waals surface area (Å²) < 4.78 is 0. The Labute approximate surface area is 117 Å². The molecule has 1 aromatic rings. The zero-order chi connectivity index (χ0) is 12.3. The Morgan fingerprint density at radius 1 is 1.33 bits per heavy atom. The first-order valence-electron chi connectivity index (χ1n) is 6.70. The standard InChI is InChI=1S/C15H24N2.ClH/c1-12-5-3-8-15(9-12)17(2)11-13-6-4-7-14(16)10-13;/h4,6-7,10,12,15H,3,5,8-9,11,16H2,1-2H3;1H. The molecule has 102 valence electrons. The average Bonchev–Trinajstić information content (AvgIpc) is 2.29. The Hall–Kier alpha value is -0.730. The van der Waals surface area contributed by atoms with Gasteiger partial charge in [-0.25, -0.2) is 0 Å². The van der Waals surface area contributed by atoms with Crippen LogP contribution in [0.2, 0.25) is 0 Å². The van der Waals surface area contributed by atoms with Crippen LogP contribution in [0.4, 0.5) is 5.69 Å². The number of benzene rings is 1. The lowest BCUT2D eigenvalue weighted by molar-refractivity contribution is 0.158. The van der Waals surface area contributed by atoms with Crippen LogP contribution in [0.5, 0.6) is 0 Å². The van der Waals surface area contributed by atoms with Gasteiger partial charge in [-0.3, -0.25) is 4.90 Å². The maximum absolute atomic E-state index is 5.82. The Bertz CT molecular complexity index is 367. The quantitative estimate of drug-likeness (QED) is 0.847. The third-order valence-corrected chi connectivity index (χ3v) is 3.92. The van der Waals surface area contributed by atoms with Crippen LogP contribution in [0.3, 0.4) is 0 Å². The molecule has 1 aliphatic carbocycles. The number of hydrogen-bond acceptors (Lipinski definition) is 2. The van der Waals surface area contributed by atoms with Gasteiger partial charge in [0.15, 0.2) is 0 Å². The monoisotopic (exact) mass is 268 g/mol. The van der Waals surface area contributed by atoms with Crippen molar-refractivity contribution in [3.63, 3.8) is 0 Å². The number of nitrogens with two attached hydrogens (primary N) is 1. The summed E-state index contributed by atoms with van der Waals surface area (Å²) in [7, 11) is 2.24. The Morgan fingerprint density at radius 2 is 2.11 bits per heavy atom. The Morgan fingerprint density at radius 3 is 2.78 bits per heavy atom. The van der Waals surface area contributed by atoms with Crippen molar-refractivity contribution in [3.05, 3.63) is 29.8 Å². The van der Waals surface area contributed by atoms with E-state index in [-0.39, 0.29) is 12.4 Å². The molecule has 3 heteroatoms. The Kier molecular flexibility index (Phi) is 5.97. The molecule has 0 bridgehead atoms. The molecule has 0 amide bonds. The van der Waals surface area contributed by atoms with Gasteiger partial charge in [0.05, 0.1) is 0 Å². The van der Waals surface area contributed by atoms with Crippen LogP contribution in [0.25, 0.3) is 0 Å². The zero-order valence-electron chi connectivity index (χ0n) is 11.4. The summed E-state index contributed by atoms with van der Waals surface area (Å²) in [6.45, 7) is 3.39. The first-order valence-corrected chi connectivity index (χ1v) is 6.70. The minimum Gasteiger partial charge on any atom is -0.399 e. The number of nitrogen functional groups attached to an aromatic ring is 1. The molecular weight excluding hydrogens is 244 g/mol. The van der Waals surface area contributed by atoms with Crippen LogP contribution < -0.4 is 5.73 Å². The molecule has 2 nitrogen and oxygen atoms in total. The normalized spacial score (nSPS) is 23.7. The third kappa shape index (κ3) is 4.18. The molecule has 0 saturated heterocycles. The van der Waals surface area contributed by atoms with Crippen molar-refractivity contribution in [1.82, 2.24) is 4.90 Å². The van der Waals surface area contributed by atoms with Crippen molar-refractivity contribution in [2.45, 2.75) is 45.2 Å². The van der Waals surface area contributed by atoms with Gasteiger partial charge in [0.25, 0.3) is 0 Å². The molecule has 1 aromatic carbocycles. The zero-order valence-corrected chi connectivity index (χ0v) is 12.2. The van der Waals surface area contributed by atoms with E-state index >= 15 is 0 Å². The van der Waals surface area contributed by atoms with E-state index in [1.165, 1.54) is 31.2 Å². The number of halogens is 1. The maximum Gasteiger partial charge on any atom is 0.0317 e. The van der Waals surface area contributed by atoms with Crippen molar-refractivity contribution in [2.24, 2.45) is 5.92 Å². The summed E-state index contributed by atoms with van der Waals surface area (Å²) in [4.78, 5) is 2.49. The lowest BCUT2D eigenvalue weighted by atomic mass is 9.86. The topological polar surface area (TPSA) is 29.3 Å². The predicted molar refractivity (Wildman–Crippen MR) is 81.0 cm³/mol. The van der Waals surface area contributed by atoms with E-state index in [1.807, 2.05) is 12.1 Å². The van der Waals surface area contributed by atoms with Crippen LogP contribution in [0.15, 0.2) is 24.3 Å². The summed E-state index contributed by atoms with van der Waals surface area (Å²) in [5.41, 5.74) is 8.01. The van der Waals surface area contributed by atoms with E-state index < -0.39 is 0 Å². The molecule has 0 aromatic heterocycles. The highest BCUT2D eigenvalue weighted by Crippen LogP contribution is 2.27. The molecule has 0 spiro atoms. The molecule has 2 atom stereocenters. The fourth-order valence-corrected chi connectivity index (χ4v) is 2.91. The summed E-state index contributed by atoms with van der Waals surface area (Å²) in [5, 5.41) is 0. The van der Waals surface area contributed by atoms with Gasteiger partial charge < -0.3 is 5.73 Å². The molecule has 2 unspecified atom stereocenters. The van der Waals surface area contributed by atoms with Crippen molar-refractivity contribution in [2.75, 3.05) is 12.8 Å². The van der Waals surface area contributed by atoms with E-state index in [1.54, 1.807) is 0 Å². The number of rotatable bonds is 3. The van der Waals surface area contributed by atoms with Gasteiger partial charge in [0, 0.05) is 18.3 Å². The van der Waals surface area contributed by atoms with Crippen molar-refractivity contribution in [3.8, 4) is 0 Å². The second-order valence-electron chi connectivity index (χ2n) is 5.59. The lowest BCUT2D eigenvalue weighted by Gasteiger charge is -2.34. The van der Waals surface area contributed by atoms with Gasteiger partial charge >= 0.3 is 0 Å². The van der Waals surface area contributed by atoms with Crippen LogP contribution >= 0.6 is 12.4 Å². The minimum absolute atomic E-state index is 0. The van der Waals surface area contributed by atoms with E-state index in [0.29, 0.717) is 0 Å². The first kappa shape index (κ1) is 15.3. The smallest absolute Gasteiger partial charge is 0.0317 e. The molecule has 2 rings (SSSR count). The first-order chi connectivity index (χ1) is 8.15.